The number of ether oxygens (including phenoxy) is 1. The van der Waals surface area contributed by atoms with Gasteiger partial charge in [0.15, 0.2) is 0 Å². The minimum atomic E-state index is -0.728. The van der Waals surface area contributed by atoms with Gasteiger partial charge in [0.25, 0.3) is 0 Å². The summed E-state index contributed by atoms with van der Waals surface area (Å²) in [4.78, 5) is 23.5. The van der Waals surface area contributed by atoms with Crippen molar-refractivity contribution >= 4 is 11.9 Å². The summed E-state index contributed by atoms with van der Waals surface area (Å²) in [6.45, 7) is 4.44. The number of carbonyl (C=O) groups excluding carboxylic acids is 1. The molecule has 50 heavy (non-hydrogen) atoms. The van der Waals surface area contributed by atoms with E-state index in [1.165, 1.54) is 96.3 Å². The topological polar surface area (TPSA) is 63.6 Å². The fourth-order valence-electron chi connectivity index (χ4n) is 6.15. The van der Waals surface area contributed by atoms with Crippen LogP contribution in [0.15, 0.2) is 60.8 Å². The molecule has 0 fully saturated rings. The number of carboxylic acids is 1. The van der Waals surface area contributed by atoms with Crippen LogP contribution in [0.2, 0.25) is 0 Å². The second-order valence-corrected chi connectivity index (χ2v) is 14.2. The number of unbranched alkanes of at least 4 members (excludes halogenated alkanes) is 19. The average Bonchev–Trinajstić information content (AvgIpc) is 3.10. The van der Waals surface area contributed by atoms with Crippen LogP contribution in [0.25, 0.3) is 0 Å². The molecule has 0 aliphatic heterocycles. The zero-order valence-electron chi connectivity index (χ0n) is 32.9. The molecule has 0 aliphatic rings. The smallest absolute Gasteiger partial charge is 0.306 e. The highest BCUT2D eigenvalue weighted by molar-refractivity contribution is 5.69. The normalized spacial score (nSPS) is 12.8. The van der Waals surface area contributed by atoms with E-state index in [2.05, 4.69) is 74.6 Å². The minimum Gasteiger partial charge on any atom is -0.481 e. The molecule has 4 nitrogen and oxygen atoms in total. The number of rotatable bonds is 38. The second-order valence-electron chi connectivity index (χ2n) is 14.2. The predicted octanol–water partition coefficient (Wildman–Crippen LogP) is 14.9. The van der Waals surface area contributed by atoms with Crippen molar-refractivity contribution in [2.45, 2.75) is 219 Å². The van der Waals surface area contributed by atoms with Crippen LogP contribution >= 0.6 is 0 Å². The van der Waals surface area contributed by atoms with Gasteiger partial charge in [0.2, 0.25) is 0 Å². The van der Waals surface area contributed by atoms with Crippen LogP contribution in [0.3, 0.4) is 0 Å². The highest BCUT2D eigenvalue weighted by atomic mass is 16.5. The Kier molecular flexibility index (Phi) is 39.1. The van der Waals surface area contributed by atoms with Gasteiger partial charge in [0.1, 0.15) is 6.10 Å². The molecule has 0 spiro atoms. The van der Waals surface area contributed by atoms with Crippen LogP contribution < -0.4 is 0 Å². The molecule has 0 radical (unpaired) electrons. The van der Waals surface area contributed by atoms with E-state index in [9.17, 15) is 9.59 Å². The molecular weight excluding hydrogens is 617 g/mol. The van der Waals surface area contributed by atoms with Gasteiger partial charge in [0, 0.05) is 12.8 Å². The number of allylic oxidation sites excluding steroid dienone is 10. The zero-order valence-corrected chi connectivity index (χ0v) is 32.9. The van der Waals surface area contributed by atoms with Crippen LogP contribution in [-0.4, -0.2) is 23.1 Å². The first-order valence-electron chi connectivity index (χ1n) is 21.3. The molecule has 0 bridgehead atoms. The van der Waals surface area contributed by atoms with Crippen LogP contribution in [0.5, 0.6) is 0 Å². The van der Waals surface area contributed by atoms with E-state index < -0.39 is 5.97 Å². The van der Waals surface area contributed by atoms with Gasteiger partial charge in [-0.2, -0.15) is 0 Å². The average molecular weight is 697 g/mol. The van der Waals surface area contributed by atoms with Crippen LogP contribution in [-0.2, 0) is 14.3 Å². The lowest BCUT2D eigenvalue weighted by atomic mass is 10.0. The first-order chi connectivity index (χ1) is 24.6. The van der Waals surface area contributed by atoms with E-state index in [1.807, 2.05) is 0 Å². The van der Waals surface area contributed by atoms with Gasteiger partial charge in [0.05, 0.1) is 0 Å². The number of carbonyl (C=O) groups is 2. The van der Waals surface area contributed by atoms with Crippen molar-refractivity contribution in [2.75, 3.05) is 0 Å². The Bertz CT molecular complexity index is 881. The van der Waals surface area contributed by atoms with Crippen molar-refractivity contribution < 1.29 is 19.4 Å². The monoisotopic (exact) mass is 697 g/mol. The van der Waals surface area contributed by atoms with Gasteiger partial charge in [-0.3, -0.25) is 9.59 Å². The predicted molar refractivity (Wildman–Crippen MR) is 218 cm³/mol. The standard InChI is InChI=1S/C46H80O4/c1-3-5-7-9-11-13-15-17-18-19-20-21-22-23-24-26-28-30-32-34-39-43-46(49)50-44(41-37-35-38-42-45(47)48)40-36-33-31-29-27-25-16-14-12-10-8-6-4-2/h5,7,11,13,17-18,20-21,23-24,44H,3-4,6,8-10,12,14-16,19,22,25-43H2,1-2H3,(H,47,48)/b7-5-,13-11-,18-17-,21-20-,24-23-. The van der Waals surface area contributed by atoms with E-state index in [4.69, 9.17) is 9.84 Å². The molecular formula is C46H80O4. The summed E-state index contributed by atoms with van der Waals surface area (Å²) in [5, 5.41) is 8.91. The maximum absolute atomic E-state index is 12.6. The lowest BCUT2D eigenvalue weighted by molar-refractivity contribution is -0.150. The van der Waals surface area contributed by atoms with Gasteiger partial charge in [-0.05, 0) is 83.5 Å². The van der Waals surface area contributed by atoms with Crippen molar-refractivity contribution in [2.24, 2.45) is 0 Å². The first-order valence-corrected chi connectivity index (χ1v) is 21.3. The Hall–Kier alpha value is -2.36. The molecule has 0 saturated carbocycles. The molecule has 1 N–H and O–H groups in total. The molecule has 1 unspecified atom stereocenters. The Morgan fingerprint density at radius 3 is 1.32 bits per heavy atom. The van der Waals surface area contributed by atoms with Gasteiger partial charge in [-0.25, -0.2) is 0 Å². The van der Waals surface area contributed by atoms with Gasteiger partial charge in [-0.1, -0.05) is 177 Å². The number of hydrogen-bond donors (Lipinski definition) is 1. The lowest BCUT2D eigenvalue weighted by Crippen LogP contribution is -2.18. The van der Waals surface area contributed by atoms with Crippen LogP contribution in [0.1, 0.15) is 213 Å². The van der Waals surface area contributed by atoms with Crippen molar-refractivity contribution in [1.29, 1.82) is 0 Å². The Morgan fingerprint density at radius 2 is 0.840 bits per heavy atom. The molecule has 1 atom stereocenters. The summed E-state index contributed by atoms with van der Waals surface area (Å²) >= 11 is 0. The molecule has 0 aromatic rings. The summed E-state index contributed by atoms with van der Waals surface area (Å²) in [5.74, 6) is -0.775. The van der Waals surface area contributed by atoms with Gasteiger partial charge >= 0.3 is 11.9 Å². The third-order valence-electron chi connectivity index (χ3n) is 9.25. The van der Waals surface area contributed by atoms with Crippen LogP contribution in [0, 0.1) is 0 Å². The SMILES string of the molecule is CC/C=C\C/C=C\C/C=C\C/C=C\C/C=C\CCCCCCCC(=O)OC(CCCCCCCCCCCCCCC)CCCCCC(=O)O. The molecule has 0 heterocycles. The summed E-state index contributed by atoms with van der Waals surface area (Å²) in [6.07, 6.45) is 56.7. The summed E-state index contributed by atoms with van der Waals surface area (Å²) in [5.41, 5.74) is 0. The van der Waals surface area contributed by atoms with E-state index in [-0.39, 0.29) is 18.5 Å². The van der Waals surface area contributed by atoms with E-state index >= 15 is 0 Å². The molecule has 0 aliphatic carbocycles. The van der Waals surface area contributed by atoms with Gasteiger partial charge < -0.3 is 9.84 Å². The third-order valence-corrected chi connectivity index (χ3v) is 9.25. The van der Waals surface area contributed by atoms with Crippen molar-refractivity contribution in [3.05, 3.63) is 60.8 Å². The lowest BCUT2D eigenvalue weighted by Gasteiger charge is -2.18. The van der Waals surface area contributed by atoms with E-state index in [0.29, 0.717) is 12.8 Å². The number of aliphatic carboxylic acids is 1. The molecule has 0 aromatic heterocycles. The fraction of sp³-hybridized carbons (Fsp3) is 0.739. The zero-order chi connectivity index (χ0) is 36.4. The third kappa shape index (κ3) is 40.1. The maximum atomic E-state index is 12.6. The molecule has 4 heteroatoms. The summed E-state index contributed by atoms with van der Waals surface area (Å²) in [6, 6.07) is 0. The number of carboxylic acid groups (broad SMARTS) is 1. The van der Waals surface area contributed by atoms with Crippen molar-refractivity contribution in [3.63, 3.8) is 0 Å². The molecule has 0 amide bonds. The molecule has 0 saturated heterocycles. The molecule has 288 valence electrons. The highest BCUT2D eigenvalue weighted by Gasteiger charge is 2.14. The Morgan fingerprint density at radius 1 is 0.460 bits per heavy atom. The maximum Gasteiger partial charge on any atom is 0.306 e. The summed E-state index contributed by atoms with van der Waals surface area (Å²) in [7, 11) is 0. The van der Waals surface area contributed by atoms with Crippen molar-refractivity contribution in [3.8, 4) is 0 Å². The minimum absolute atomic E-state index is 0.0106. The second kappa shape index (κ2) is 41.1. The van der Waals surface area contributed by atoms with Crippen molar-refractivity contribution in [1.82, 2.24) is 0 Å². The highest BCUT2D eigenvalue weighted by Crippen LogP contribution is 2.19. The number of hydrogen-bond acceptors (Lipinski definition) is 3. The van der Waals surface area contributed by atoms with E-state index in [1.54, 1.807) is 0 Å². The quantitative estimate of drug-likeness (QED) is 0.0396. The largest absolute Gasteiger partial charge is 0.481 e. The molecule has 0 rings (SSSR count). The summed E-state index contributed by atoms with van der Waals surface area (Å²) < 4.78 is 5.95. The van der Waals surface area contributed by atoms with E-state index in [0.717, 1.165) is 83.5 Å². The Labute approximate surface area is 310 Å². The number of esters is 1. The fourth-order valence-corrected chi connectivity index (χ4v) is 6.15. The Balaban J connectivity index is 3.96. The first kappa shape index (κ1) is 47.6. The van der Waals surface area contributed by atoms with Gasteiger partial charge in [-0.15, -0.1) is 0 Å². The van der Waals surface area contributed by atoms with Crippen LogP contribution in [0.4, 0.5) is 0 Å². The molecule has 0 aromatic carbocycles.